The SMILES string of the molecule is COc1ccc2cc(C(OC)(OC)c3ccc4cc([I-]c5ccccc5)ccc4c3)ccc2c1. The summed E-state index contributed by atoms with van der Waals surface area (Å²) in [6.45, 7) is 0. The summed E-state index contributed by atoms with van der Waals surface area (Å²) < 4.78 is 20.3. The van der Waals surface area contributed by atoms with Gasteiger partial charge in [0.05, 0.1) is 7.11 Å². The van der Waals surface area contributed by atoms with Gasteiger partial charge in [-0.3, -0.25) is 0 Å². The van der Waals surface area contributed by atoms with Crippen molar-refractivity contribution in [3.63, 3.8) is 0 Å². The fraction of sp³-hybridized carbons (Fsp3) is 0.133. The Morgan fingerprint density at radius 2 is 1.09 bits per heavy atom. The van der Waals surface area contributed by atoms with Gasteiger partial charge in [0, 0.05) is 0 Å². The van der Waals surface area contributed by atoms with Crippen LogP contribution in [-0.2, 0) is 15.3 Å². The van der Waals surface area contributed by atoms with Gasteiger partial charge in [-0.05, 0) is 0 Å². The second-order valence-corrected chi connectivity index (χ2v) is 11.1. The van der Waals surface area contributed by atoms with Gasteiger partial charge in [-0.2, -0.15) is 0 Å². The summed E-state index contributed by atoms with van der Waals surface area (Å²) in [6.07, 6.45) is 0. The van der Waals surface area contributed by atoms with Crippen molar-refractivity contribution in [1.29, 1.82) is 0 Å². The third kappa shape index (κ3) is 4.29. The molecule has 0 atom stereocenters. The van der Waals surface area contributed by atoms with Gasteiger partial charge >= 0.3 is 194 Å². The van der Waals surface area contributed by atoms with Gasteiger partial charge in [0.2, 0.25) is 0 Å². The third-order valence-corrected chi connectivity index (χ3v) is 8.77. The fourth-order valence-electron chi connectivity index (χ4n) is 4.36. The molecule has 4 heteroatoms. The maximum atomic E-state index is 6.06. The first kappa shape index (κ1) is 22.8. The molecule has 0 spiro atoms. The molecule has 0 saturated heterocycles. The van der Waals surface area contributed by atoms with E-state index in [0.717, 1.165) is 27.6 Å². The van der Waals surface area contributed by atoms with E-state index in [0.29, 0.717) is 0 Å². The summed E-state index contributed by atoms with van der Waals surface area (Å²) in [6, 6.07) is 36.3. The summed E-state index contributed by atoms with van der Waals surface area (Å²) in [7, 11) is 5.07. The molecule has 0 aliphatic carbocycles. The van der Waals surface area contributed by atoms with Crippen molar-refractivity contribution in [1.82, 2.24) is 0 Å². The molecule has 3 nitrogen and oxygen atoms in total. The zero-order valence-corrected chi connectivity index (χ0v) is 21.6. The van der Waals surface area contributed by atoms with Gasteiger partial charge in [0.25, 0.3) is 0 Å². The van der Waals surface area contributed by atoms with Gasteiger partial charge in [-0.15, -0.1) is 0 Å². The average molecular weight is 561 g/mol. The molecule has 0 heterocycles. The summed E-state index contributed by atoms with van der Waals surface area (Å²) >= 11 is -0.200. The first-order valence-corrected chi connectivity index (χ1v) is 13.2. The minimum atomic E-state index is -1.00. The Balaban J connectivity index is 1.53. The molecule has 0 amide bonds. The standard InChI is InChI=1S/C30H26IO3/c1-32-29-16-12-22-18-26(14-10-24(22)20-29)30(33-2,34-3)25-13-9-23-19-28(15-11-21(23)17-25)31-27-7-5-4-6-8-27/h4-20H,1-3H3/q-1. The predicted molar refractivity (Wildman–Crippen MR) is 133 cm³/mol. The van der Waals surface area contributed by atoms with Crippen LogP contribution in [-0.4, -0.2) is 21.3 Å². The number of hydrogen-bond donors (Lipinski definition) is 0. The molecule has 0 fully saturated rings. The Morgan fingerprint density at radius 1 is 0.529 bits per heavy atom. The normalized spacial score (nSPS) is 11.9. The summed E-state index contributed by atoms with van der Waals surface area (Å²) in [5.74, 6) is -0.161. The van der Waals surface area contributed by atoms with Crippen molar-refractivity contribution in [3.8, 4) is 5.75 Å². The molecule has 0 N–H and O–H groups in total. The second-order valence-electron chi connectivity index (χ2n) is 8.05. The molecular weight excluding hydrogens is 535 g/mol. The van der Waals surface area contributed by atoms with Crippen molar-refractivity contribution < 1.29 is 35.4 Å². The second kappa shape index (κ2) is 9.74. The van der Waals surface area contributed by atoms with E-state index in [1.165, 1.54) is 17.9 Å². The molecule has 0 aromatic heterocycles. The van der Waals surface area contributed by atoms with Crippen LogP contribution in [0.1, 0.15) is 11.1 Å². The molecule has 172 valence electrons. The molecule has 0 unspecified atom stereocenters. The van der Waals surface area contributed by atoms with Gasteiger partial charge < -0.3 is 4.74 Å². The quantitative estimate of drug-likeness (QED) is 0.225. The van der Waals surface area contributed by atoms with Gasteiger partial charge in [0.15, 0.2) is 0 Å². The number of benzene rings is 5. The molecule has 0 aliphatic rings. The van der Waals surface area contributed by atoms with Crippen molar-refractivity contribution in [2.24, 2.45) is 0 Å². The van der Waals surface area contributed by atoms with Crippen molar-refractivity contribution >= 4 is 21.5 Å². The van der Waals surface area contributed by atoms with E-state index in [1.807, 2.05) is 12.1 Å². The summed E-state index contributed by atoms with van der Waals surface area (Å²) in [5, 5.41) is 4.61. The molecule has 5 aromatic carbocycles. The van der Waals surface area contributed by atoms with Crippen LogP contribution >= 0.6 is 0 Å². The van der Waals surface area contributed by atoms with Gasteiger partial charge in [0.1, 0.15) is 5.75 Å². The van der Waals surface area contributed by atoms with Crippen LogP contribution in [0, 0.1) is 7.14 Å². The first-order valence-electron chi connectivity index (χ1n) is 11.1. The molecule has 0 saturated carbocycles. The Morgan fingerprint density at radius 3 is 1.71 bits per heavy atom. The van der Waals surface area contributed by atoms with Crippen molar-refractivity contribution in [2.45, 2.75) is 5.79 Å². The average Bonchev–Trinajstić information content (AvgIpc) is 2.90. The van der Waals surface area contributed by atoms with Crippen LogP contribution in [0.2, 0.25) is 0 Å². The monoisotopic (exact) mass is 561 g/mol. The molecular formula is C30H26IO3-. The maximum absolute atomic E-state index is 6.06. The van der Waals surface area contributed by atoms with Crippen LogP contribution in [0.25, 0.3) is 21.5 Å². The van der Waals surface area contributed by atoms with E-state index in [1.54, 1.807) is 21.3 Å². The number of ether oxygens (including phenoxy) is 3. The molecule has 34 heavy (non-hydrogen) atoms. The van der Waals surface area contributed by atoms with E-state index in [-0.39, 0.29) is 21.2 Å². The Bertz CT molecular complexity index is 1440. The predicted octanol–water partition coefficient (Wildman–Crippen LogP) is 3.62. The Kier molecular flexibility index (Phi) is 6.55. The van der Waals surface area contributed by atoms with E-state index in [9.17, 15) is 0 Å². The molecule has 0 bridgehead atoms. The van der Waals surface area contributed by atoms with Crippen LogP contribution < -0.4 is 25.9 Å². The first-order chi connectivity index (χ1) is 16.6. The van der Waals surface area contributed by atoms with Crippen LogP contribution in [0.5, 0.6) is 5.75 Å². The number of hydrogen-bond acceptors (Lipinski definition) is 3. The topological polar surface area (TPSA) is 27.7 Å². The summed E-state index contributed by atoms with van der Waals surface area (Å²) in [4.78, 5) is 0. The van der Waals surface area contributed by atoms with E-state index < -0.39 is 5.79 Å². The van der Waals surface area contributed by atoms with Gasteiger partial charge in [-0.1, -0.05) is 0 Å². The van der Waals surface area contributed by atoms with Crippen molar-refractivity contribution in [2.75, 3.05) is 21.3 Å². The van der Waals surface area contributed by atoms with Crippen LogP contribution in [0.4, 0.5) is 0 Å². The zero-order chi connectivity index (χ0) is 23.5. The zero-order valence-electron chi connectivity index (χ0n) is 19.4. The third-order valence-electron chi connectivity index (χ3n) is 6.14. The fourth-order valence-corrected chi connectivity index (χ4v) is 6.71. The van der Waals surface area contributed by atoms with Gasteiger partial charge in [-0.25, -0.2) is 0 Å². The molecule has 5 rings (SSSR count). The number of methoxy groups -OCH3 is 3. The Labute approximate surface area is 210 Å². The molecule has 0 radical (unpaired) electrons. The van der Waals surface area contributed by atoms with E-state index in [4.69, 9.17) is 14.2 Å². The number of rotatable bonds is 7. The molecule has 0 aliphatic heterocycles. The minimum absolute atomic E-state index is 0.200. The number of fused-ring (bicyclic) bond motifs is 2. The summed E-state index contributed by atoms with van der Waals surface area (Å²) in [5.41, 5.74) is 1.91. The molecule has 5 aromatic rings. The van der Waals surface area contributed by atoms with Crippen LogP contribution in [0.15, 0.2) is 103 Å². The van der Waals surface area contributed by atoms with Crippen LogP contribution in [0.3, 0.4) is 0 Å². The Hall–Kier alpha value is -2.93. The van der Waals surface area contributed by atoms with E-state index >= 15 is 0 Å². The van der Waals surface area contributed by atoms with Crippen molar-refractivity contribution in [3.05, 3.63) is 121 Å². The van der Waals surface area contributed by atoms with E-state index in [2.05, 4.69) is 91.0 Å². The number of halogens is 1.